The number of carbonyl (C=O) groups excluding carboxylic acids is 1. The van der Waals surface area contributed by atoms with Crippen molar-refractivity contribution >= 4 is 28.7 Å². The van der Waals surface area contributed by atoms with Gasteiger partial charge in [0.05, 0.1) is 17.4 Å². The quantitative estimate of drug-likeness (QED) is 0.703. The second-order valence-corrected chi connectivity index (χ2v) is 7.18. The first-order valence-electron chi connectivity index (χ1n) is 9.24. The molecule has 0 spiro atoms. The second-order valence-electron chi connectivity index (χ2n) is 7.18. The number of imidazole rings is 1. The maximum absolute atomic E-state index is 12.8. The molecule has 1 saturated heterocycles. The average molecular weight is 381 g/mol. The molecule has 146 valence electrons. The molecule has 3 aromatic rings. The van der Waals surface area contributed by atoms with Gasteiger partial charge >= 0.3 is 5.69 Å². The lowest BCUT2D eigenvalue weighted by atomic mass is 10.1. The molecule has 28 heavy (non-hydrogen) atoms. The number of hydrogen-bond donors (Lipinski definition) is 2. The van der Waals surface area contributed by atoms with E-state index in [0.29, 0.717) is 28.4 Å². The summed E-state index contributed by atoms with van der Waals surface area (Å²) in [5, 5.41) is 3.06. The maximum Gasteiger partial charge on any atom is 0.330 e. The Balaban J connectivity index is 1.76. The fraction of sp³-hybridized carbons (Fsp3) is 0.368. The minimum absolute atomic E-state index is 0.0893. The first-order valence-corrected chi connectivity index (χ1v) is 9.24. The van der Waals surface area contributed by atoms with Crippen molar-refractivity contribution in [2.24, 2.45) is 12.8 Å². The molecule has 4 rings (SSSR count). The number of hydrogen-bond acceptors (Lipinski definition) is 6. The Morgan fingerprint density at radius 3 is 2.64 bits per heavy atom. The number of fused-ring (bicyclic) bond motifs is 1. The summed E-state index contributed by atoms with van der Waals surface area (Å²) in [5.74, 6) is -0.222. The average Bonchev–Trinajstić information content (AvgIpc) is 2.93. The van der Waals surface area contributed by atoms with Crippen LogP contribution in [0, 0.1) is 0 Å². The van der Waals surface area contributed by atoms with Crippen LogP contribution in [-0.2, 0) is 7.05 Å². The van der Waals surface area contributed by atoms with Crippen LogP contribution in [0.4, 0.5) is 11.6 Å². The van der Waals surface area contributed by atoms with Crippen molar-refractivity contribution in [3.8, 4) is 0 Å². The SMILES string of the molecule is CN1CCC(n2c(=O)n(C)c3cnc(Nc4ccccc4C(N)=O)nc32)CC1. The van der Waals surface area contributed by atoms with Gasteiger partial charge in [0, 0.05) is 13.1 Å². The van der Waals surface area contributed by atoms with Crippen molar-refractivity contribution < 1.29 is 4.79 Å². The highest BCUT2D eigenvalue weighted by Crippen LogP contribution is 2.25. The second kappa shape index (κ2) is 7.08. The van der Waals surface area contributed by atoms with Gasteiger partial charge in [-0.1, -0.05) is 12.1 Å². The lowest BCUT2D eigenvalue weighted by Crippen LogP contribution is -2.35. The summed E-state index contributed by atoms with van der Waals surface area (Å²) in [7, 11) is 3.82. The fourth-order valence-electron chi connectivity index (χ4n) is 3.71. The summed E-state index contributed by atoms with van der Waals surface area (Å²) in [6, 6.07) is 7.02. The minimum Gasteiger partial charge on any atom is -0.366 e. The van der Waals surface area contributed by atoms with Gasteiger partial charge in [0.15, 0.2) is 5.65 Å². The topological polar surface area (TPSA) is 111 Å². The number of aromatic nitrogens is 4. The van der Waals surface area contributed by atoms with Gasteiger partial charge in [0.1, 0.15) is 5.52 Å². The zero-order valence-corrected chi connectivity index (χ0v) is 15.9. The molecule has 9 heteroatoms. The van der Waals surface area contributed by atoms with Gasteiger partial charge in [-0.05, 0) is 45.1 Å². The molecule has 3 heterocycles. The van der Waals surface area contributed by atoms with Gasteiger partial charge < -0.3 is 16.0 Å². The summed E-state index contributed by atoms with van der Waals surface area (Å²) < 4.78 is 3.35. The highest BCUT2D eigenvalue weighted by Gasteiger charge is 2.24. The Hall–Kier alpha value is -3.20. The Morgan fingerprint density at radius 2 is 1.93 bits per heavy atom. The lowest BCUT2D eigenvalue weighted by molar-refractivity contribution is 0.100. The van der Waals surface area contributed by atoms with Crippen LogP contribution in [0.5, 0.6) is 0 Å². The number of anilines is 2. The van der Waals surface area contributed by atoms with E-state index >= 15 is 0 Å². The van der Waals surface area contributed by atoms with Crippen LogP contribution in [-0.4, -0.2) is 50.0 Å². The number of carbonyl (C=O) groups is 1. The van der Waals surface area contributed by atoms with Gasteiger partial charge in [-0.25, -0.2) is 9.78 Å². The first-order chi connectivity index (χ1) is 13.5. The van der Waals surface area contributed by atoms with Gasteiger partial charge in [-0.2, -0.15) is 4.98 Å². The molecule has 0 atom stereocenters. The molecule has 2 aromatic heterocycles. The van der Waals surface area contributed by atoms with Crippen LogP contribution in [0.1, 0.15) is 29.2 Å². The van der Waals surface area contributed by atoms with Crippen LogP contribution in [0.2, 0.25) is 0 Å². The molecule has 1 amide bonds. The van der Waals surface area contributed by atoms with E-state index in [4.69, 9.17) is 5.73 Å². The van der Waals surface area contributed by atoms with E-state index in [-0.39, 0.29) is 11.7 Å². The number of nitrogens with two attached hydrogens (primary N) is 1. The van der Waals surface area contributed by atoms with Gasteiger partial charge in [-0.3, -0.25) is 13.9 Å². The minimum atomic E-state index is -0.535. The van der Waals surface area contributed by atoms with E-state index in [9.17, 15) is 9.59 Å². The van der Waals surface area contributed by atoms with Crippen molar-refractivity contribution in [1.29, 1.82) is 0 Å². The van der Waals surface area contributed by atoms with E-state index < -0.39 is 5.91 Å². The molecule has 0 bridgehead atoms. The number of nitrogens with one attached hydrogen (secondary N) is 1. The zero-order valence-electron chi connectivity index (χ0n) is 15.9. The number of primary amides is 1. The smallest absolute Gasteiger partial charge is 0.330 e. The fourth-order valence-corrected chi connectivity index (χ4v) is 3.71. The number of aryl methyl sites for hydroxylation is 1. The third-order valence-corrected chi connectivity index (χ3v) is 5.32. The molecule has 0 radical (unpaired) electrons. The monoisotopic (exact) mass is 381 g/mol. The normalized spacial score (nSPS) is 15.8. The molecule has 1 aromatic carbocycles. The Kier molecular flexibility index (Phi) is 4.60. The van der Waals surface area contributed by atoms with Crippen molar-refractivity contribution in [1.82, 2.24) is 24.0 Å². The number of rotatable bonds is 4. The van der Waals surface area contributed by atoms with Crippen LogP contribution in [0.3, 0.4) is 0 Å². The van der Waals surface area contributed by atoms with E-state index in [2.05, 4.69) is 27.2 Å². The third kappa shape index (κ3) is 3.13. The maximum atomic E-state index is 12.8. The van der Waals surface area contributed by atoms with E-state index in [1.807, 2.05) is 0 Å². The number of para-hydroxylation sites is 1. The molecular formula is C19H23N7O2. The number of likely N-dealkylation sites (tertiary alicyclic amines) is 1. The summed E-state index contributed by atoms with van der Waals surface area (Å²) in [6.45, 7) is 1.88. The molecule has 1 aliphatic rings. The van der Waals surface area contributed by atoms with Gasteiger partial charge in [0.25, 0.3) is 5.91 Å². The number of piperidine rings is 1. The standard InChI is InChI=1S/C19H23N7O2/c1-24-9-7-12(8-10-24)26-17-15(25(2)19(26)28)11-21-18(23-17)22-14-6-4-3-5-13(14)16(20)27/h3-6,11-12H,7-10H2,1-2H3,(H2,20,27)(H,21,22,23). The number of nitrogens with zero attached hydrogens (tertiary/aromatic N) is 5. The first kappa shape index (κ1) is 18.2. The van der Waals surface area contributed by atoms with Gasteiger partial charge in [-0.15, -0.1) is 0 Å². The summed E-state index contributed by atoms with van der Waals surface area (Å²) >= 11 is 0. The van der Waals surface area contributed by atoms with Crippen molar-refractivity contribution in [2.45, 2.75) is 18.9 Å². The number of amides is 1. The van der Waals surface area contributed by atoms with Crippen molar-refractivity contribution in [3.05, 3.63) is 46.5 Å². The van der Waals surface area contributed by atoms with Crippen LogP contribution >= 0.6 is 0 Å². The molecule has 1 fully saturated rings. The molecule has 0 saturated carbocycles. The predicted molar refractivity (Wildman–Crippen MR) is 107 cm³/mol. The summed E-state index contributed by atoms with van der Waals surface area (Å²) in [5.41, 5.74) is 7.51. The predicted octanol–water partition coefficient (Wildman–Crippen LogP) is 1.24. The van der Waals surface area contributed by atoms with Crippen LogP contribution in [0.25, 0.3) is 11.2 Å². The highest BCUT2D eigenvalue weighted by molar-refractivity contribution is 5.99. The number of benzene rings is 1. The largest absolute Gasteiger partial charge is 0.366 e. The van der Waals surface area contributed by atoms with E-state index in [1.54, 1.807) is 46.6 Å². The van der Waals surface area contributed by atoms with E-state index in [0.717, 1.165) is 25.9 Å². The van der Waals surface area contributed by atoms with Crippen LogP contribution < -0.4 is 16.7 Å². The van der Waals surface area contributed by atoms with Gasteiger partial charge in [0.2, 0.25) is 5.95 Å². The van der Waals surface area contributed by atoms with Crippen molar-refractivity contribution in [2.75, 3.05) is 25.5 Å². The Labute approximate surface area is 161 Å². The molecule has 3 N–H and O–H groups in total. The zero-order chi connectivity index (χ0) is 19.8. The molecule has 0 aliphatic carbocycles. The van der Waals surface area contributed by atoms with Crippen LogP contribution in [0.15, 0.2) is 35.3 Å². The molecular weight excluding hydrogens is 358 g/mol. The highest BCUT2D eigenvalue weighted by atomic mass is 16.2. The molecule has 9 nitrogen and oxygen atoms in total. The Bertz CT molecular complexity index is 1090. The molecule has 1 aliphatic heterocycles. The Morgan fingerprint density at radius 1 is 1.21 bits per heavy atom. The molecule has 0 unspecified atom stereocenters. The van der Waals surface area contributed by atoms with E-state index in [1.165, 1.54) is 0 Å². The van der Waals surface area contributed by atoms with Crippen molar-refractivity contribution in [3.63, 3.8) is 0 Å². The lowest BCUT2D eigenvalue weighted by Gasteiger charge is -2.29. The summed E-state index contributed by atoms with van der Waals surface area (Å²) in [4.78, 5) is 35.7. The summed E-state index contributed by atoms with van der Waals surface area (Å²) in [6.07, 6.45) is 3.42. The third-order valence-electron chi connectivity index (χ3n) is 5.32.